The van der Waals surface area contributed by atoms with Crippen molar-refractivity contribution in [3.8, 4) is 0 Å². The van der Waals surface area contributed by atoms with Crippen molar-refractivity contribution in [1.82, 2.24) is 0 Å². The lowest BCUT2D eigenvalue weighted by Crippen LogP contribution is -2.01. The van der Waals surface area contributed by atoms with E-state index in [4.69, 9.17) is 0 Å². The fourth-order valence-electron chi connectivity index (χ4n) is 3.39. The minimum Gasteiger partial charge on any atom is -0.318 e. The predicted molar refractivity (Wildman–Crippen MR) is 112 cm³/mol. The van der Waals surface area contributed by atoms with E-state index in [2.05, 4.69) is 30.3 Å². The highest BCUT2D eigenvalue weighted by atomic mass is 31.1. The van der Waals surface area contributed by atoms with Crippen molar-refractivity contribution in [3.63, 3.8) is 0 Å². The van der Waals surface area contributed by atoms with Crippen molar-refractivity contribution in [2.24, 2.45) is 0 Å². The number of hydrogen-bond acceptors (Lipinski definition) is 2. The Morgan fingerprint density at radius 1 is 0.769 bits per heavy atom. The number of carbonyl (C=O) groups is 1. The zero-order valence-electron chi connectivity index (χ0n) is 16.1. The summed E-state index contributed by atoms with van der Waals surface area (Å²) in [5.74, 6) is 0. The van der Waals surface area contributed by atoms with Crippen LogP contribution in [0.1, 0.15) is 65.6 Å². The van der Waals surface area contributed by atoms with Gasteiger partial charge in [-0.25, -0.2) is 0 Å². The van der Waals surface area contributed by atoms with Crippen molar-refractivity contribution >= 4 is 13.3 Å². The Kier molecular flexibility index (Phi) is 8.85. The molecular weight excluding hydrogens is 339 g/mol. The van der Waals surface area contributed by atoms with Gasteiger partial charge in [-0.2, -0.15) is 0 Å². The number of unbranched alkanes of at least 4 members (excludes halogenated alkanes) is 5. The third-order valence-corrected chi connectivity index (χ3v) is 6.49. The molecule has 3 heteroatoms. The van der Waals surface area contributed by atoms with Gasteiger partial charge in [0.15, 0.2) is 0 Å². The molecular formula is C23H31O2P. The molecule has 0 fully saturated rings. The average Bonchev–Trinajstić information content (AvgIpc) is 2.64. The first kappa shape index (κ1) is 20.6. The third kappa shape index (κ3) is 6.57. The summed E-state index contributed by atoms with van der Waals surface area (Å²) in [6, 6.07) is 16.4. The van der Waals surface area contributed by atoms with Crippen LogP contribution in [0.25, 0.3) is 0 Å². The maximum absolute atomic E-state index is 12.5. The number of aryl methyl sites for hydroxylation is 3. The van der Waals surface area contributed by atoms with E-state index in [0.717, 1.165) is 30.4 Å². The summed E-state index contributed by atoms with van der Waals surface area (Å²) in [6.07, 6.45) is 8.53. The molecule has 2 rings (SSSR count). The molecule has 26 heavy (non-hydrogen) atoms. The fourth-order valence-corrected chi connectivity index (χ4v) is 4.86. The maximum atomic E-state index is 12.5. The molecule has 2 aromatic carbocycles. The van der Waals surface area contributed by atoms with Crippen LogP contribution in [-0.2, 0) is 11.0 Å². The normalized spacial score (nSPS) is 12.1. The van der Waals surface area contributed by atoms with Crippen LogP contribution in [0, 0.1) is 13.8 Å². The lowest BCUT2D eigenvalue weighted by molar-refractivity contribution is 0.107. The molecule has 140 valence electrons. The SMILES string of the molecule is Cc1cccc(C)c1C(=O)[PH](=O)CCCCCCCCc1ccccc1. The molecule has 0 N–H and O–H groups in total. The minimum absolute atomic E-state index is 0.131. The average molecular weight is 370 g/mol. The summed E-state index contributed by atoms with van der Waals surface area (Å²) in [4.78, 5) is 12.5. The molecule has 2 nitrogen and oxygen atoms in total. The van der Waals surface area contributed by atoms with Crippen molar-refractivity contribution < 1.29 is 9.36 Å². The van der Waals surface area contributed by atoms with Gasteiger partial charge in [-0.05, 0) is 49.8 Å². The Labute approximate surface area is 158 Å². The van der Waals surface area contributed by atoms with Crippen LogP contribution in [0.3, 0.4) is 0 Å². The highest BCUT2D eigenvalue weighted by Crippen LogP contribution is 2.31. The first-order valence-corrected chi connectivity index (χ1v) is 11.4. The van der Waals surface area contributed by atoms with Gasteiger partial charge < -0.3 is 4.57 Å². The van der Waals surface area contributed by atoms with Gasteiger partial charge >= 0.3 is 0 Å². The molecule has 0 spiro atoms. The number of benzene rings is 2. The topological polar surface area (TPSA) is 34.1 Å². The monoisotopic (exact) mass is 370 g/mol. The van der Waals surface area contributed by atoms with E-state index < -0.39 is 7.80 Å². The fraction of sp³-hybridized carbons (Fsp3) is 0.435. The summed E-state index contributed by atoms with van der Waals surface area (Å²) in [5, 5.41) is 0. The summed E-state index contributed by atoms with van der Waals surface area (Å²) in [6.45, 7) is 3.84. The molecule has 0 aliphatic heterocycles. The lowest BCUT2D eigenvalue weighted by Gasteiger charge is -2.08. The molecule has 0 saturated heterocycles. The standard InChI is InChI=1S/C23H31O2P/c1-19-13-12-14-20(2)22(19)23(24)26(25)18-11-6-4-3-5-8-15-21-16-9-7-10-17-21/h7,9-10,12-14,16-17,26H,3-6,8,11,15,18H2,1-2H3. The van der Waals surface area contributed by atoms with E-state index in [1.54, 1.807) is 0 Å². The molecule has 0 aliphatic carbocycles. The molecule has 0 radical (unpaired) electrons. The second-order valence-corrected chi connectivity index (χ2v) is 8.93. The molecule has 1 unspecified atom stereocenters. The van der Waals surface area contributed by atoms with Gasteiger partial charge in [0.05, 0.1) is 0 Å². The molecule has 0 saturated carbocycles. The van der Waals surface area contributed by atoms with Crippen LogP contribution >= 0.6 is 7.80 Å². The van der Waals surface area contributed by atoms with E-state index in [1.165, 1.54) is 31.2 Å². The van der Waals surface area contributed by atoms with Crippen LogP contribution in [0.4, 0.5) is 0 Å². The van der Waals surface area contributed by atoms with Gasteiger partial charge in [0, 0.05) is 11.7 Å². The molecule has 1 atom stereocenters. The third-order valence-electron chi connectivity index (χ3n) is 4.92. The second kappa shape index (κ2) is 11.1. The Hall–Kier alpha value is -1.66. The molecule has 0 aliphatic rings. The number of hydrogen-bond donors (Lipinski definition) is 0. The van der Waals surface area contributed by atoms with Gasteiger partial charge in [0.25, 0.3) is 0 Å². The predicted octanol–water partition coefficient (Wildman–Crippen LogP) is 6.59. The van der Waals surface area contributed by atoms with E-state index in [0.29, 0.717) is 11.7 Å². The Balaban J connectivity index is 1.59. The van der Waals surface area contributed by atoms with Gasteiger partial charge in [-0.1, -0.05) is 74.2 Å². The van der Waals surface area contributed by atoms with Crippen LogP contribution in [0.5, 0.6) is 0 Å². The zero-order valence-corrected chi connectivity index (χ0v) is 17.1. The van der Waals surface area contributed by atoms with Crippen molar-refractivity contribution in [3.05, 3.63) is 70.8 Å². The van der Waals surface area contributed by atoms with Gasteiger partial charge in [-0.3, -0.25) is 4.79 Å². The Morgan fingerprint density at radius 3 is 2.00 bits per heavy atom. The summed E-state index contributed by atoms with van der Waals surface area (Å²) in [7, 11) is -2.19. The van der Waals surface area contributed by atoms with Crippen LogP contribution in [-0.4, -0.2) is 11.7 Å². The highest BCUT2D eigenvalue weighted by Gasteiger charge is 2.17. The van der Waals surface area contributed by atoms with Gasteiger partial charge in [0.2, 0.25) is 5.52 Å². The smallest absolute Gasteiger partial charge is 0.219 e. The lowest BCUT2D eigenvalue weighted by atomic mass is 10.0. The quantitative estimate of drug-likeness (QED) is 0.330. The Bertz CT molecular complexity index is 702. The minimum atomic E-state index is -2.19. The Morgan fingerprint density at radius 2 is 1.35 bits per heavy atom. The zero-order chi connectivity index (χ0) is 18.8. The van der Waals surface area contributed by atoms with E-state index in [1.807, 2.05) is 32.0 Å². The second-order valence-electron chi connectivity index (χ2n) is 7.13. The maximum Gasteiger partial charge on any atom is 0.219 e. The summed E-state index contributed by atoms with van der Waals surface area (Å²) in [5.41, 5.74) is 3.83. The molecule has 2 aromatic rings. The molecule has 0 aromatic heterocycles. The van der Waals surface area contributed by atoms with Crippen LogP contribution in [0.15, 0.2) is 48.5 Å². The number of rotatable bonds is 11. The van der Waals surface area contributed by atoms with Gasteiger partial charge in [-0.15, -0.1) is 0 Å². The summed E-state index contributed by atoms with van der Waals surface area (Å²) < 4.78 is 12.4. The molecule has 0 bridgehead atoms. The highest BCUT2D eigenvalue weighted by molar-refractivity contribution is 7.64. The van der Waals surface area contributed by atoms with Crippen LogP contribution < -0.4 is 0 Å². The first-order valence-electron chi connectivity index (χ1n) is 9.77. The molecule has 0 amide bonds. The largest absolute Gasteiger partial charge is 0.318 e. The van der Waals surface area contributed by atoms with Gasteiger partial charge in [0.1, 0.15) is 7.80 Å². The van der Waals surface area contributed by atoms with E-state index >= 15 is 0 Å². The number of carbonyl (C=O) groups excluding carboxylic acids is 1. The van der Waals surface area contributed by atoms with E-state index in [9.17, 15) is 9.36 Å². The van der Waals surface area contributed by atoms with Crippen molar-refractivity contribution in [2.75, 3.05) is 6.16 Å². The van der Waals surface area contributed by atoms with Crippen LogP contribution in [0.2, 0.25) is 0 Å². The van der Waals surface area contributed by atoms with Crippen molar-refractivity contribution in [1.29, 1.82) is 0 Å². The van der Waals surface area contributed by atoms with Crippen molar-refractivity contribution in [2.45, 2.75) is 58.8 Å². The van der Waals surface area contributed by atoms with E-state index in [-0.39, 0.29) is 5.52 Å². The molecule has 0 heterocycles. The first-order chi connectivity index (χ1) is 12.6. The summed E-state index contributed by atoms with van der Waals surface area (Å²) >= 11 is 0.